The first-order valence-corrected chi connectivity index (χ1v) is 10.7. The lowest BCUT2D eigenvalue weighted by atomic mass is 10.1. The van der Waals surface area contributed by atoms with Gasteiger partial charge in [-0.2, -0.15) is 0 Å². The van der Waals surface area contributed by atoms with Gasteiger partial charge in [-0.15, -0.1) is 0 Å². The molecule has 1 aliphatic rings. The van der Waals surface area contributed by atoms with Crippen LogP contribution in [0.5, 0.6) is 11.5 Å². The van der Waals surface area contributed by atoms with Crippen molar-refractivity contribution in [3.05, 3.63) is 48.5 Å². The van der Waals surface area contributed by atoms with Crippen LogP contribution in [0, 0.1) is 5.92 Å². The third-order valence-electron chi connectivity index (χ3n) is 4.83. The summed E-state index contributed by atoms with van der Waals surface area (Å²) in [6.45, 7) is 6.53. The standard InChI is InChI=1S/C24H32N2O4/c1-18(2)11-13-29-21-8-4-7-20(15-21)26-24(27)16-25-19-6-3-9-22(14-19)30-17-23-10-5-12-28-23/h3-4,6-9,14-15,18,23,25H,5,10-13,16-17H2,1-2H3,(H,26,27). The van der Waals surface area contributed by atoms with Crippen molar-refractivity contribution in [2.75, 3.05) is 37.0 Å². The van der Waals surface area contributed by atoms with Crippen molar-refractivity contribution in [2.45, 2.75) is 39.2 Å². The number of hydrogen-bond donors (Lipinski definition) is 2. The summed E-state index contributed by atoms with van der Waals surface area (Å²) in [5.41, 5.74) is 1.55. The predicted octanol–water partition coefficient (Wildman–Crippen LogP) is 4.72. The number of ether oxygens (including phenoxy) is 3. The number of nitrogens with one attached hydrogen (secondary N) is 2. The highest BCUT2D eigenvalue weighted by molar-refractivity contribution is 5.93. The first kappa shape index (κ1) is 22.0. The first-order chi connectivity index (χ1) is 14.6. The van der Waals surface area contributed by atoms with Crippen molar-refractivity contribution in [3.8, 4) is 11.5 Å². The molecule has 0 bridgehead atoms. The molecule has 1 atom stereocenters. The van der Waals surface area contributed by atoms with E-state index in [0.717, 1.165) is 48.7 Å². The van der Waals surface area contributed by atoms with Crippen LogP contribution >= 0.6 is 0 Å². The normalized spacial score (nSPS) is 15.8. The Morgan fingerprint density at radius 2 is 1.83 bits per heavy atom. The van der Waals surface area contributed by atoms with Crippen LogP contribution in [0.15, 0.2) is 48.5 Å². The quantitative estimate of drug-likeness (QED) is 0.559. The fraction of sp³-hybridized carbons (Fsp3) is 0.458. The Balaban J connectivity index is 1.43. The van der Waals surface area contributed by atoms with E-state index < -0.39 is 0 Å². The van der Waals surface area contributed by atoms with Crippen molar-refractivity contribution in [3.63, 3.8) is 0 Å². The molecule has 30 heavy (non-hydrogen) atoms. The fourth-order valence-corrected chi connectivity index (χ4v) is 3.12. The molecule has 2 aromatic carbocycles. The number of carbonyl (C=O) groups is 1. The Morgan fingerprint density at radius 3 is 2.57 bits per heavy atom. The number of hydrogen-bond acceptors (Lipinski definition) is 5. The lowest BCUT2D eigenvalue weighted by Crippen LogP contribution is -2.21. The molecule has 0 radical (unpaired) electrons. The largest absolute Gasteiger partial charge is 0.494 e. The molecule has 0 saturated carbocycles. The summed E-state index contributed by atoms with van der Waals surface area (Å²) in [4.78, 5) is 12.3. The van der Waals surface area contributed by atoms with Crippen LogP contribution < -0.4 is 20.1 Å². The minimum absolute atomic E-state index is 0.125. The summed E-state index contributed by atoms with van der Waals surface area (Å²) < 4.78 is 17.1. The molecule has 0 aliphatic carbocycles. The van der Waals surface area contributed by atoms with Crippen LogP contribution in [0.3, 0.4) is 0 Å². The van der Waals surface area contributed by atoms with Gasteiger partial charge in [0.2, 0.25) is 5.91 Å². The average Bonchev–Trinajstić information content (AvgIpc) is 3.25. The van der Waals surface area contributed by atoms with Crippen molar-refractivity contribution >= 4 is 17.3 Å². The zero-order valence-corrected chi connectivity index (χ0v) is 17.9. The molecule has 0 aromatic heterocycles. The Hall–Kier alpha value is -2.73. The van der Waals surface area contributed by atoms with Crippen molar-refractivity contribution < 1.29 is 19.0 Å². The van der Waals surface area contributed by atoms with Crippen LogP contribution in [0.1, 0.15) is 33.1 Å². The number of amides is 1. The maximum atomic E-state index is 12.3. The van der Waals surface area contributed by atoms with E-state index in [4.69, 9.17) is 14.2 Å². The summed E-state index contributed by atoms with van der Waals surface area (Å²) in [5, 5.41) is 6.04. The molecule has 6 heteroatoms. The second-order valence-electron chi connectivity index (χ2n) is 7.93. The summed E-state index contributed by atoms with van der Waals surface area (Å²) in [6, 6.07) is 15.1. The second-order valence-corrected chi connectivity index (χ2v) is 7.93. The molecule has 1 aliphatic heterocycles. The molecule has 1 saturated heterocycles. The Kier molecular flexibility index (Phi) is 8.39. The van der Waals surface area contributed by atoms with Gasteiger partial charge in [0, 0.05) is 30.1 Å². The predicted molar refractivity (Wildman–Crippen MR) is 119 cm³/mol. The van der Waals surface area contributed by atoms with Crippen molar-refractivity contribution in [2.24, 2.45) is 5.92 Å². The van der Waals surface area contributed by atoms with E-state index >= 15 is 0 Å². The molecule has 0 spiro atoms. The van der Waals surface area contributed by atoms with Gasteiger partial charge in [0.05, 0.1) is 19.3 Å². The molecule has 1 fully saturated rings. The zero-order chi connectivity index (χ0) is 21.2. The minimum Gasteiger partial charge on any atom is -0.494 e. The Labute approximate surface area is 178 Å². The van der Waals surface area contributed by atoms with Crippen LogP contribution in [0.25, 0.3) is 0 Å². The van der Waals surface area contributed by atoms with E-state index in [-0.39, 0.29) is 18.6 Å². The van der Waals surface area contributed by atoms with Gasteiger partial charge in [-0.05, 0) is 49.4 Å². The number of benzene rings is 2. The third kappa shape index (κ3) is 7.59. The number of rotatable bonds is 11. The van der Waals surface area contributed by atoms with Gasteiger partial charge in [0.15, 0.2) is 0 Å². The molecule has 2 aromatic rings. The van der Waals surface area contributed by atoms with Gasteiger partial charge in [-0.3, -0.25) is 4.79 Å². The Bertz CT molecular complexity index is 803. The summed E-state index contributed by atoms with van der Waals surface area (Å²) in [5.74, 6) is 2.00. The lowest BCUT2D eigenvalue weighted by molar-refractivity contribution is -0.114. The molecule has 2 N–H and O–H groups in total. The third-order valence-corrected chi connectivity index (χ3v) is 4.83. The van der Waals surface area contributed by atoms with E-state index in [9.17, 15) is 4.79 Å². The zero-order valence-electron chi connectivity index (χ0n) is 17.9. The van der Waals surface area contributed by atoms with E-state index in [1.807, 2.05) is 48.5 Å². The van der Waals surface area contributed by atoms with Crippen molar-refractivity contribution in [1.82, 2.24) is 0 Å². The van der Waals surface area contributed by atoms with E-state index in [1.54, 1.807) is 0 Å². The van der Waals surface area contributed by atoms with E-state index in [1.165, 1.54) is 0 Å². The van der Waals surface area contributed by atoms with Crippen LogP contribution in [0.2, 0.25) is 0 Å². The summed E-state index contributed by atoms with van der Waals surface area (Å²) >= 11 is 0. The first-order valence-electron chi connectivity index (χ1n) is 10.7. The average molecular weight is 413 g/mol. The highest BCUT2D eigenvalue weighted by Crippen LogP contribution is 2.20. The van der Waals surface area contributed by atoms with Gasteiger partial charge >= 0.3 is 0 Å². The van der Waals surface area contributed by atoms with Crippen LogP contribution in [0.4, 0.5) is 11.4 Å². The number of carbonyl (C=O) groups excluding carboxylic acids is 1. The number of anilines is 2. The van der Waals surface area contributed by atoms with Gasteiger partial charge in [0.1, 0.15) is 18.1 Å². The van der Waals surface area contributed by atoms with E-state index in [2.05, 4.69) is 24.5 Å². The molecule has 1 amide bonds. The van der Waals surface area contributed by atoms with E-state index in [0.29, 0.717) is 19.1 Å². The van der Waals surface area contributed by atoms with Crippen LogP contribution in [-0.2, 0) is 9.53 Å². The second kappa shape index (κ2) is 11.5. The maximum absolute atomic E-state index is 12.3. The molecule has 6 nitrogen and oxygen atoms in total. The highest BCUT2D eigenvalue weighted by atomic mass is 16.5. The molecular weight excluding hydrogens is 380 g/mol. The van der Waals surface area contributed by atoms with Crippen LogP contribution in [-0.4, -0.2) is 38.4 Å². The monoisotopic (exact) mass is 412 g/mol. The molecular formula is C24H32N2O4. The topological polar surface area (TPSA) is 68.8 Å². The highest BCUT2D eigenvalue weighted by Gasteiger charge is 2.16. The Morgan fingerprint density at radius 1 is 1.10 bits per heavy atom. The smallest absolute Gasteiger partial charge is 0.243 e. The van der Waals surface area contributed by atoms with Crippen molar-refractivity contribution in [1.29, 1.82) is 0 Å². The molecule has 1 heterocycles. The SMILES string of the molecule is CC(C)CCOc1cccc(NC(=O)CNc2cccc(OCC3CCCO3)c2)c1. The van der Waals surface area contributed by atoms with Gasteiger partial charge in [0.25, 0.3) is 0 Å². The van der Waals surface area contributed by atoms with Gasteiger partial charge in [-0.1, -0.05) is 26.0 Å². The summed E-state index contributed by atoms with van der Waals surface area (Å²) in [6.07, 6.45) is 3.31. The van der Waals surface area contributed by atoms with Gasteiger partial charge < -0.3 is 24.8 Å². The molecule has 162 valence electrons. The minimum atomic E-state index is -0.125. The maximum Gasteiger partial charge on any atom is 0.243 e. The van der Waals surface area contributed by atoms with Gasteiger partial charge in [-0.25, -0.2) is 0 Å². The lowest BCUT2D eigenvalue weighted by Gasteiger charge is -2.13. The fourth-order valence-electron chi connectivity index (χ4n) is 3.12. The molecule has 3 rings (SSSR count). The molecule has 1 unspecified atom stereocenters. The summed E-state index contributed by atoms with van der Waals surface area (Å²) in [7, 11) is 0.